The molecule has 3 aromatic heterocycles. The molecule has 4 heterocycles. The number of rotatable bonds is 19. The quantitative estimate of drug-likeness (QED) is 0.0152. The summed E-state index contributed by atoms with van der Waals surface area (Å²) in [5, 5.41) is 32.2. The van der Waals surface area contributed by atoms with Crippen molar-refractivity contribution in [2.24, 2.45) is 5.41 Å². The van der Waals surface area contributed by atoms with Gasteiger partial charge in [0, 0.05) is 46.7 Å². The molecule has 1 aliphatic heterocycles. The first-order chi connectivity index (χ1) is 37.4. The number of ether oxygens (including phenoxy) is 1. The molecular weight excluding hydrogens is 1070 g/mol. The van der Waals surface area contributed by atoms with Gasteiger partial charge < -0.3 is 45.7 Å². The van der Waals surface area contributed by atoms with Gasteiger partial charge in [0.25, 0.3) is 10.0 Å². The molecule has 3 atom stereocenters. The van der Waals surface area contributed by atoms with Crippen molar-refractivity contribution in [3.05, 3.63) is 176 Å². The van der Waals surface area contributed by atoms with Crippen molar-refractivity contribution in [3.63, 3.8) is 0 Å². The number of aromatic amines is 1. The van der Waals surface area contributed by atoms with E-state index in [1.165, 1.54) is 10.4 Å². The van der Waals surface area contributed by atoms with Gasteiger partial charge in [-0.3, -0.25) is 3.97 Å². The van der Waals surface area contributed by atoms with E-state index in [-0.39, 0.29) is 35.9 Å². The number of hydrogen-bond donors (Lipinski definition) is 4. The second kappa shape index (κ2) is 31.9. The second-order valence-electron chi connectivity index (χ2n) is 22.8. The van der Waals surface area contributed by atoms with Gasteiger partial charge in [-0.1, -0.05) is 164 Å². The minimum Gasteiger partial charge on any atom is -0.421 e. The third-order valence-corrected chi connectivity index (χ3v) is 23.4. The van der Waals surface area contributed by atoms with Gasteiger partial charge in [-0.2, -0.15) is 6.42 Å². The average Bonchev–Trinajstić information content (AvgIpc) is 3.89. The van der Waals surface area contributed by atoms with E-state index in [1.807, 2.05) is 101 Å². The van der Waals surface area contributed by atoms with Gasteiger partial charge >= 0.3 is 18.9 Å². The van der Waals surface area contributed by atoms with Crippen LogP contribution in [0.5, 0.6) is 5.75 Å². The number of aliphatic hydroxyl groups is 3. The Bertz CT molecular complexity index is 3120. The number of benzene rings is 5. The molecule has 13 nitrogen and oxygen atoms in total. The average molecular weight is 1160 g/mol. The first kappa shape index (κ1) is 68.1. The minimum absolute atomic E-state index is 0. The number of aliphatic hydroxyl groups excluding tert-OH is 3. The Morgan fingerprint density at radius 3 is 1.91 bits per heavy atom. The molecule has 1 saturated heterocycles. The Hall–Kier alpha value is -4.43. The second-order valence-corrected chi connectivity index (χ2v) is 32.6. The molecule has 430 valence electrons. The molecule has 0 radical (unpaired) electrons. The Kier molecular flexibility index (Phi) is 27.1. The first-order valence-electron chi connectivity index (χ1n) is 27.1. The number of para-hydroxylation sites is 4. The van der Waals surface area contributed by atoms with E-state index in [9.17, 15) is 18.6 Å². The summed E-state index contributed by atoms with van der Waals surface area (Å²) < 4.78 is 50.7. The van der Waals surface area contributed by atoms with Gasteiger partial charge in [-0.05, 0) is 94.6 Å². The van der Waals surface area contributed by atoms with Gasteiger partial charge in [0.2, 0.25) is 0 Å². The van der Waals surface area contributed by atoms with Crippen LogP contribution in [0.4, 0.5) is 0 Å². The van der Waals surface area contributed by atoms with Crippen molar-refractivity contribution in [2.75, 3.05) is 26.4 Å². The van der Waals surface area contributed by atoms with E-state index in [2.05, 4.69) is 99.4 Å². The van der Waals surface area contributed by atoms with Crippen LogP contribution in [-0.2, 0) is 40.8 Å². The van der Waals surface area contributed by atoms with E-state index in [0.29, 0.717) is 46.8 Å². The number of fused-ring (bicyclic) bond motifs is 3. The summed E-state index contributed by atoms with van der Waals surface area (Å²) in [6, 6.07) is 47.1. The van der Waals surface area contributed by atoms with E-state index in [1.54, 1.807) is 48.7 Å². The molecule has 0 amide bonds. The van der Waals surface area contributed by atoms with Crippen LogP contribution in [-0.4, -0.2) is 99.5 Å². The summed E-state index contributed by atoms with van der Waals surface area (Å²) in [6.07, 6.45) is 3.95. The number of epoxide rings is 1. The largest absolute Gasteiger partial charge is 1.00 e. The van der Waals surface area contributed by atoms with Crippen LogP contribution >= 0.6 is 12.2 Å². The van der Waals surface area contributed by atoms with Crippen molar-refractivity contribution >= 4 is 73.0 Å². The Balaban J connectivity index is 0.000000239. The fourth-order valence-electron chi connectivity index (χ4n) is 7.16. The molecule has 18 heteroatoms. The normalized spacial score (nSPS) is 14.4. The third-order valence-electron chi connectivity index (χ3n) is 14.3. The van der Waals surface area contributed by atoms with Gasteiger partial charge in [0.15, 0.2) is 36.1 Å². The van der Waals surface area contributed by atoms with Crippen LogP contribution in [0.1, 0.15) is 86.5 Å². The molecule has 0 saturated carbocycles. The summed E-state index contributed by atoms with van der Waals surface area (Å²) in [5.74, 6) is 0.632. The van der Waals surface area contributed by atoms with Crippen LogP contribution in [0.2, 0.25) is 23.2 Å². The molecule has 8 aromatic rings. The van der Waals surface area contributed by atoms with Gasteiger partial charge in [-0.15, -0.1) is 0 Å². The van der Waals surface area contributed by atoms with E-state index in [0.717, 1.165) is 70.4 Å². The molecule has 5 aromatic carbocycles. The monoisotopic (exact) mass is 1160 g/mol. The van der Waals surface area contributed by atoms with Gasteiger partial charge in [0.1, 0.15) is 6.10 Å². The first-order valence-corrected chi connectivity index (χ1v) is 33.4. The van der Waals surface area contributed by atoms with Crippen LogP contribution in [0.15, 0.2) is 163 Å². The molecule has 4 N–H and O–H groups in total. The number of unbranched alkanes of at least 4 members (excludes halogenated alkanes) is 1. The number of nitrogens with one attached hydrogen (secondary N) is 1. The minimum atomic E-state index is -3.51. The number of aromatic nitrogens is 3. The van der Waals surface area contributed by atoms with E-state index < -0.39 is 40.3 Å². The van der Waals surface area contributed by atoms with Crippen molar-refractivity contribution in [1.29, 1.82) is 0 Å². The summed E-state index contributed by atoms with van der Waals surface area (Å²) in [7, 11) is -5.80. The fraction of sp³-hybridized carbons (Fsp3) is 0.403. The van der Waals surface area contributed by atoms with E-state index in [4.69, 9.17) is 27.9 Å². The maximum atomic E-state index is 12.5. The topological polar surface area (TPSA) is 170 Å². The van der Waals surface area contributed by atoms with Crippen LogP contribution in [0, 0.1) is 12.3 Å². The molecule has 0 spiro atoms. The Labute approximate surface area is 496 Å². The molecule has 80 heavy (non-hydrogen) atoms. The number of nitrogens with zero attached hydrogens (tertiary/aromatic N) is 2. The Morgan fingerprint density at radius 2 is 1.34 bits per heavy atom. The van der Waals surface area contributed by atoms with E-state index >= 15 is 0 Å². The van der Waals surface area contributed by atoms with Crippen molar-refractivity contribution < 1.29 is 65.4 Å². The molecule has 1 fully saturated rings. The van der Waals surface area contributed by atoms with Crippen molar-refractivity contribution in [1.82, 2.24) is 12.9 Å². The summed E-state index contributed by atoms with van der Waals surface area (Å²) in [6.45, 7) is 30.1. The molecule has 0 unspecified atom stereocenters. The zero-order valence-electron chi connectivity index (χ0n) is 49.2. The van der Waals surface area contributed by atoms with Crippen LogP contribution < -0.4 is 23.7 Å². The smallest absolute Gasteiger partial charge is 0.421 e. The molecule has 0 aliphatic carbocycles. The molecule has 1 aliphatic rings. The predicted molar refractivity (Wildman–Crippen MR) is 330 cm³/mol. The van der Waals surface area contributed by atoms with Gasteiger partial charge in [0.05, 0.1) is 54.6 Å². The maximum absolute atomic E-state index is 12.5. The number of hydrogen-bond acceptors (Lipinski definition) is 11. The SMILES string of the molecule is CC(C)(C)C(C)(C)[SiH2]OC[C@H](O)Cc1cc2ccccc2n1SOOc1ccccc1.CC(C)(C)[Si](C)(C)OC[C@@H]1CO1.O=S(=O)(c1ccccc1)n1ccc2ccccc21.OC[C@H](O)Cc1cc2ccccc2[nH]1.[CH2-]CCC.[Li+]. The number of H-pyrrole nitrogens is 1. The maximum Gasteiger partial charge on any atom is 1.00 e. The predicted octanol–water partition coefficient (Wildman–Crippen LogP) is 10.3. The van der Waals surface area contributed by atoms with Gasteiger partial charge in [-0.25, -0.2) is 12.4 Å². The standard InChI is InChI=1S/C24H33NO4SSi.C14H11NO2S.C11H13NO2.C9H20O2Si.C4H9.Li/c1-23(2,3)24(4,5)31-27-17-20(26)16-19-15-18-11-9-10-14-22(18)25(19)30-29-28-21-12-7-6-8-13-21;16-18(17,13-7-2-1-3-8-13)15-11-10-12-6-4-5-9-14(12)15;13-7-10(14)6-9-5-8-3-1-2-4-11(8)12-9;1-9(2,3)12(4,5)11-7-8-6-10-8;1-3-4-2;/h6-15,20,26H,16-17,31H2,1-5H3;1-11H;1-5,10,12-14H,6-7H2;8H,6-7H2,1-5H3;1,3-4H2,2H3;/q;;;;-1;+1/t20-;;10-;8-;;/m1.10../s1. The summed E-state index contributed by atoms with van der Waals surface area (Å²) in [5.41, 5.74) is 4.86. The zero-order chi connectivity index (χ0) is 57.9. The molecular formula is C62H86LiN3O10S2Si2. The van der Waals surface area contributed by atoms with Crippen LogP contribution in [0.25, 0.3) is 32.7 Å². The fourth-order valence-corrected chi connectivity index (χ4v) is 11.5. The summed E-state index contributed by atoms with van der Waals surface area (Å²) >= 11 is 1.10. The zero-order valence-corrected chi connectivity index (χ0v) is 53.3. The molecule has 0 bridgehead atoms. The molecule has 9 rings (SSSR count). The van der Waals surface area contributed by atoms with Crippen LogP contribution in [0.3, 0.4) is 0 Å². The third kappa shape index (κ3) is 20.8. The van der Waals surface area contributed by atoms with Crippen molar-refractivity contribution in [2.45, 2.75) is 134 Å². The summed E-state index contributed by atoms with van der Waals surface area (Å²) in [4.78, 5) is 8.87. The van der Waals surface area contributed by atoms with Crippen molar-refractivity contribution in [3.8, 4) is 5.75 Å². The Morgan fingerprint density at radius 1 is 0.775 bits per heavy atom.